The van der Waals surface area contributed by atoms with Crippen molar-refractivity contribution >= 4 is 0 Å². The normalized spacial score (nSPS) is 14.6. The molecule has 0 aromatic heterocycles. The van der Waals surface area contributed by atoms with E-state index in [0.29, 0.717) is 6.54 Å². The van der Waals surface area contributed by atoms with Gasteiger partial charge in [0.2, 0.25) is 0 Å². The van der Waals surface area contributed by atoms with Crippen molar-refractivity contribution in [3.05, 3.63) is 35.9 Å². The van der Waals surface area contributed by atoms with Crippen LogP contribution in [0.1, 0.15) is 32.8 Å². The Morgan fingerprint density at radius 1 is 1.11 bits per heavy atom. The fourth-order valence-corrected chi connectivity index (χ4v) is 1.84. The maximum atomic E-state index is 12.7. The monoisotopic (exact) mass is 259 g/mol. The van der Waals surface area contributed by atoms with Crippen LogP contribution in [-0.2, 0) is 6.54 Å². The van der Waals surface area contributed by atoms with Gasteiger partial charge in [-0.2, -0.15) is 13.2 Å². The number of nitrogens with one attached hydrogen (secondary N) is 1. The molecule has 1 aromatic rings. The van der Waals surface area contributed by atoms with Gasteiger partial charge in [0.1, 0.15) is 0 Å². The van der Waals surface area contributed by atoms with Crippen LogP contribution in [0.5, 0.6) is 0 Å². The largest absolute Gasteiger partial charge is 0.394 e. The smallest absolute Gasteiger partial charge is 0.310 e. The molecule has 0 fully saturated rings. The first kappa shape index (κ1) is 15.0. The van der Waals surface area contributed by atoms with Crippen molar-refractivity contribution in [3.8, 4) is 0 Å². The highest BCUT2D eigenvalue weighted by Crippen LogP contribution is 2.40. The second-order valence-corrected chi connectivity index (χ2v) is 5.35. The summed E-state index contributed by atoms with van der Waals surface area (Å²) in [6.07, 6.45) is -4.08. The summed E-state index contributed by atoms with van der Waals surface area (Å²) in [4.78, 5) is 0. The quantitative estimate of drug-likeness (QED) is 0.837. The predicted octanol–water partition coefficient (Wildman–Crippen LogP) is 4.14. The number of halogens is 3. The Morgan fingerprint density at radius 3 is 2.17 bits per heavy atom. The van der Waals surface area contributed by atoms with Gasteiger partial charge in [-0.1, -0.05) is 44.2 Å². The lowest BCUT2D eigenvalue weighted by molar-refractivity contribution is -0.215. The van der Waals surface area contributed by atoms with E-state index < -0.39 is 11.6 Å². The molecule has 18 heavy (non-hydrogen) atoms. The Balaban J connectivity index is 2.45. The first-order valence-corrected chi connectivity index (χ1v) is 6.06. The highest BCUT2D eigenvalue weighted by molar-refractivity contribution is 5.14. The molecule has 0 radical (unpaired) electrons. The van der Waals surface area contributed by atoms with Gasteiger partial charge in [-0.25, -0.2) is 0 Å². The van der Waals surface area contributed by atoms with Crippen LogP contribution in [0.15, 0.2) is 30.3 Å². The Kier molecular flexibility index (Phi) is 4.79. The molecule has 102 valence electrons. The Hall–Kier alpha value is -1.03. The van der Waals surface area contributed by atoms with Gasteiger partial charge in [0.05, 0.1) is 5.41 Å². The molecule has 1 aromatic carbocycles. The molecule has 1 nitrogen and oxygen atoms in total. The molecule has 4 heteroatoms. The van der Waals surface area contributed by atoms with Crippen LogP contribution in [0.3, 0.4) is 0 Å². The average Bonchev–Trinajstić information content (AvgIpc) is 2.26. The van der Waals surface area contributed by atoms with Crippen molar-refractivity contribution in [2.45, 2.75) is 46.0 Å². The van der Waals surface area contributed by atoms with Crippen molar-refractivity contribution < 1.29 is 13.2 Å². The van der Waals surface area contributed by atoms with E-state index >= 15 is 0 Å². The first-order chi connectivity index (χ1) is 8.22. The van der Waals surface area contributed by atoms with Crippen molar-refractivity contribution in [1.29, 1.82) is 0 Å². The lowest BCUT2D eigenvalue weighted by Gasteiger charge is -2.30. The van der Waals surface area contributed by atoms with Gasteiger partial charge < -0.3 is 5.32 Å². The third kappa shape index (κ3) is 4.33. The maximum absolute atomic E-state index is 12.7. The summed E-state index contributed by atoms with van der Waals surface area (Å²) in [7, 11) is 0. The standard InChI is InChI=1S/C14H20F3N/c1-11(9-13(2,3)14(15,16)17)18-10-12-7-5-4-6-8-12/h4-8,11,18H,9-10H2,1-3H3. The van der Waals surface area contributed by atoms with Crippen molar-refractivity contribution in [2.75, 3.05) is 0 Å². The summed E-state index contributed by atoms with van der Waals surface area (Å²) in [5.41, 5.74) is -0.579. The zero-order chi connectivity index (χ0) is 13.8. The fraction of sp³-hybridized carbons (Fsp3) is 0.571. The molecule has 0 saturated carbocycles. The zero-order valence-electron chi connectivity index (χ0n) is 11.0. The van der Waals surface area contributed by atoms with E-state index in [4.69, 9.17) is 0 Å². The third-order valence-corrected chi connectivity index (χ3v) is 3.08. The number of hydrogen-bond donors (Lipinski definition) is 1. The van der Waals surface area contributed by atoms with Gasteiger partial charge in [0.15, 0.2) is 0 Å². The molecule has 1 atom stereocenters. The van der Waals surface area contributed by atoms with E-state index in [2.05, 4.69) is 5.32 Å². The first-order valence-electron chi connectivity index (χ1n) is 6.06. The lowest BCUT2D eigenvalue weighted by atomic mass is 9.85. The SMILES string of the molecule is CC(CC(C)(C)C(F)(F)F)NCc1ccccc1. The van der Waals surface area contributed by atoms with Crippen LogP contribution in [0.2, 0.25) is 0 Å². The summed E-state index contributed by atoms with van der Waals surface area (Å²) in [5, 5.41) is 3.13. The summed E-state index contributed by atoms with van der Waals surface area (Å²) in [5.74, 6) is 0. The van der Waals surface area contributed by atoms with Crippen LogP contribution in [0.4, 0.5) is 13.2 Å². The molecular formula is C14H20F3N. The highest BCUT2D eigenvalue weighted by Gasteiger charge is 2.47. The topological polar surface area (TPSA) is 12.0 Å². The zero-order valence-corrected chi connectivity index (χ0v) is 11.0. The van der Waals surface area contributed by atoms with Crippen LogP contribution in [-0.4, -0.2) is 12.2 Å². The molecular weight excluding hydrogens is 239 g/mol. The fourth-order valence-electron chi connectivity index (χ4n) is 1.84. The molecule has 0 aliphatic carbocycles. The number of alkyl halides is 3. The second kappa shape index (κ2) is 5.74. The van der Waals surface area contributed by atoms with Crippen LogP contribution in [0, 0.1) is 5.41 Å². The molecule has 0 aliphatic rings. The van der Waals surface area contributed by atoms with Crippen LogP contribution >= 0.6 is 0 Å². The van der Waals surface area contributed by atoms with Crippen LogP contribution in [0.25, 0.3) is 0 Å². The summed E-state index contributed by atoms with van der Waals surface area (Å²) < 4.78 is 38.2. The van der Waals surface area contributed by atoms with Gasteiger partial charge >= 0.3 is 6.18 Å². The second-order valence-electron chi connectivity index (χ2n) is 5.35. The van der Waals surface area contributed by atoms with E-state index in [1.807, 2.05) is 30.3 Å². The van der Waals surface area contributed by atoms with Gasteiger partial charge in [-0.05, 0) is 18.9 Å². The molecule has 1 N–H and O–H groups in total. The number of rotatable bonds is 5. The highest BCUT2D eigenvalue weighted by atomic mass is 19.4. The minimum absolute atomic E-state index is 0.0728. The number of benzene rings is 1. The predicted molar refractivity (Wildman–Crippen MR) is 67.2 cm³/mol. The van der Waals surface area contributed by atoms with Gasteiger partial charge in [-0.15, -0.1) is 0 Å². The molecule has 0 amide bonds. The maximum Gasteiger partial charge on any atom is 0.394 e. The molecule has 0 spiro atoms. The van der Waals surface area contributed by atoms with E-state index in [1.54, 1.807) is 6.92 Å². The van der Waals surface area contributed by atoms with Crippen molar-refractivity contribution in [3.63, 3.8) is 0 Å². The van der Waals surface area contributed by atoms with E-state index in [1.165, 1.54) is 13.8 Å². The van der Waals surface area contributed by atoms with Crippen molar-refractivity contribution in [1.82, 2.24) is 5.32 Å². The Labute approximate surface area is 106 Å². The molecule has 1 rings (SSSR count). The van der Waals surface area contributed by atoms with Gasteiger partial charge in [0, 0.05) is 12.6 Å². The Morgan fingerprint density at radius 2 is 1.67 bits per heavy atom. The summed E-state index contributed by atoms with van der Waals surface area (Å²) in [6.45, 7) is 4.87. The summed E-state index contributed by atoms with van der Waals surface area (Å²) in [6, 6.07) is 9.48. The average molecular weight is 259 g/mol. The minimum atomic E-state index is -4.16. The minimum Gasteiger partial charge on any atom is -0.310 e. The lowest BCUT2D eigenvalue weighted by Crippen LogP contribution is -2.39. The van der Waals surface area contributed by atoms with E-state index in [0.717, 1.165) is 5.56 Å². The molecule has 1 unspecified atom stereocenters. The molecule has 0 saturated heterocycles. The van der Waals surface area contributed by atoms with E-state index in [9.17, 15) is 13.2 Å². The summed E-state index contributed by atoms with van der Waals surface area (Å²) >= 11 is 0. The molecule has 0 aliphatic heterocycles. The number of hydrogen-bond acceptors (Lipinski definition) is 1. The van der Waals surface area contributed by atoms with Gasteiger partial charge in [-0.3, -0.25) is 0 Å². The third-order valence-electron chi connectivity index (χ3n) is 3.08. The molecule has 0 heterocycles. The Bertz CT molecular complexity index is 357. The van der Waals surface area contributed by atoms with Crippen molar-refractivity contribution in [2.24, 2.45) is 5.41 Å². The van der Waals surface area contributed by atoms with Gasteiger partial charge in [0.25, 0.3) is 0 Å². The van der Waals surface area contributed by atoms with E-state index in [-0.39, 0.29) is 12.5 Å². The van der Waals surface area contributed by atoms with Crippen LogP contribution < -0.4 is 5.32 Å². The molecule has 0 bridgehead atoms.